The summed E-state index contributed by atoms with van der Waals surface area (Å²) in [7, 11) is 0. The van der Waals surface area contributed by atoms with Crippen LogP contribution < -0.4 is 5.73 Å². The fraction of sp³-hybridized carbons (Fsp3) is 0.769. The van der Waals surface area contributed by atoms with Crippen LogP contribution in [0, 0.1) is 11.3 Å². The minimum Gasteiger partial charge on any atom is -0.322 e. The number of allylic oxidation sites excluding steroid dienone is 1. The third kappa shape index (κ3) is 4.57. The number of hydrogen-bond donors (Lipinski definition) is 2. The lowest BCUT2D eigenvalue weighted by molar-refractivity contribution is 0.233. The molecular formula is C13H23F2IN2. The summed E-state index contributed by atoms with van der Waals surface area (Å²) in [5.41, 5.74) is 5.99. The molecule has 4 atom stereocenters. The van der Waals surface area contributed by atoms with Gasteiger partial charge in [-0.3, -0.25) is 4.39 Å². The third-order valence-corrected chi connectivity index (χ3v) is 4.95. The first kappa shape index (κ1) is 18.0. The molecule has 0 amide bonds. The number of halogens is 3. The molecule has 18 heavy (non-hydrogen) atoms. The van der Waals surface area contributed by atoms with Gasteiger partial charge in [-0.1, -0.05) is 42.5 Å². The molecule has 2 nitrogen and oxygen atoms in total. The van der Waals surface area contributed by atoms with E-state index in [4.69, 9.17) is 11.1 Å². The van der Waals surface area contributed by atoms with Gasteiger partial charge in [-0.2, -0.15) is 0 Å². The van der Waals surface area contributed by atoms with Crippen LogP contribution in [0.4, 0.5) is 8.78 Å². The van der Waals surface area contributed by atoms with E-state index in [2.05, 4.69) is 22.6 Å². The molecule has 0 rings (SSSR count). The zero-order valence-electron chi connectivity index (χ0n) is 11.4. The van der Waals surface area contributed by atoms with Crippen LogP contribution in [0.2, 0.25) is 0 Å². The van der Waals surface area contributed by atoms with Crippen molar-refractivity contribution in [2.24, 2.45) is 11.7 Å². The summed E-state index contributed by atoms with van der Waals surface area (Å²) in [6.07, 6.45) is 1.27. The maximum atomic E-state index is 13.4. The van der Waals surface area contributed by atoms with Gasteiger partial charge in [-0.15, -0.1) is 0 Å². The lowest BCUT2D eigenvalue weighted by Gasteiger charge is -2.30. The molecule has 0 aromatic carbocycles. The number of nitrogens with one attached hydrogen (secondary N) is 1. The van der Waals surface area contributed by atoms with Crippen LogP contribution in [0.15, 0.2) is 11.6 Å². The molecule has 0 spiro atoms. The topological polar surface area (TPSA) is 49.9 Å². The highest BCUT2D eigenvalue weighted by Crippen LogP contribution is 2.26. The van der Waals surface area contributed by atoms with Gasteiger partial charge in [0.25, 0.3) is 0 Å². The van der Waals surface area contributed by atoms with Crippen LogP contribution in [0.25, 0.3) is 0 Å². The van der Waals surface area contributed by atoms with Crippen molar-refractivity contribution in [3.63, 3.8) is 0 Å². The average Bonchev–Trinajstić information content (AvgIpc) is 2.33. The Kier molecular flexibility index (Phi) is 7.51. The normalized spacial score (nSPS) is 21.0. The summed E-state index contributed by atoms with van der Waals surface area (Å²) < 4.78 is 25.8. The Morgan fingerprint density at radius 2 is 2.00 bits per heavy atom. The van der Waals surface area contributed by atoms with E-state index >= 15 is 0 Å². The molecular weight excluding hydrogens is 349 g/mol. The molecule has 0 aliphatic rings. The summed E-state index contributed by atoms with van der Waals surface area (Å²) in [5, 5.41) is 7.91. The van der Waals surface area contributed by atoms with E-state index in [9.17, 15) is 8.78 Å². The van der Waals surface area contributed by atoms with Gasteiger partial charge in [0.05, 0.1) is 16.1 Å². The molecule has 5 heteroatoms. The minimum atomic E-state index is -1.15. The van der Waals surface area contributed by atoms with Crippen molar-refractivity contribution in [1.29, 1.82) is 5.41 Å². The highest BCUT2D eigenvalue weighted by Gasteiger charge is 2.33. The second kappa shape index (κ2) is 7.53. The molecule has 1 unspecified atom stereocenters. The highest BCUT2D eigenvalue weighted by atomic mass is 127. The standard InChI is InChI=1S/C13H23F2IN2/c1-5-10(12(17)8(2)7-14)6-11(16)13(4,18)9(3)15/h6,8-9,11,17H,5,7,18H2,1-4H3/b10-6+,17-12?/t8-,9-,11+,13?/m0/s1. The van der Waals surface area contributed by atoms with Crippen molar-refractivity contribution in [3.8, 4) is 0 Å². The number of hydrogen-bond acceptors (Lipinski definition) is 2. The molecule has 0 fully saturated rings. The molecule has 0 saturated heterocycles. The minimum absolute atomic E-state index is 0.239. The van der Waals surface area contributed by atoms with Crippen molar-refractivity contribution >= 4 is 28.3 Å². The molecule has 0 aromatic rings. The van der Waals surface area contributed by atoms with Gasteiger partial charge in [0.15, 0.2) is 0 Å². The zero-order chi connectivity index (χ0) is 14.5. The monoisotopic (exact) mass is 372 g/mol. The van der Waals surface area contributed by atoms with Crippen LogP contribution in [0.3, 0.4) is 0 Å². The van der Waals surface area contributed by atoms with Crippen LogP contribution in [-0.2, 0) is 0 Å². The molecule has 3 N–H and O–H groups in total. The Bertz CT molecular complexity index is 314. The Morgan fingerprint density at radius 3 is 2.33 bits per heavy atom. The maximum absolute atomic E-state index is 13.4. The van der Waals surface area contributed by atoms with Crippen LogP contribution in [0.5, 0.6) is 0 Å². The van der Waals surface area contributed by atoms with Gasteiger partial charge in [-0.25, -0.2) is 4.39 Å². The molecule has 106 valence electrons. The summed E-state index contributed by atoms with van der Waals surface area (Å²) in [6.45, 7) is 6.11. The summed E-state index contributed by atoms with van der Waals surface area (Å²) in [4.78, 5) is 0. The largest absolute Gasteiger partial charge is 0.322 e. The Hall–Kier alpha value is -0.0400. The number of nitrogens with two attached hydrogens (primary N) is 1. The van der Waals surface area contributed by atoms with E-state index in [1.807, 2.05) is 6.92 Å². The Balaban J connectivity index is 5.07. The molecule has 0 saturated carbocycles. The van der Waals surface area contributed by atoms with Crippen LogP contribution in [-0.4, -0.2) is 28.0 Å². The number of rotatable bonds is 7. The van der Waals surface area contributed by atoms with Gasteiger partial charge in [0.2, 0.25) is 0 Å². The van der Waals surface area contributed by atoms with Crippen molar-refractivity contribution in [2.75, 3.05) is 6.67 Å². The summed E-state index contributed by atoms with van der Waals surface area (Å²) in [5.74, 6) is -0.424. The van der Waals surface area contributed by atoms with Crippen LogP contribution >= 0.6 is 22.6 Å². The van der Waals surface area contributed by atoms with Crippen molar-refractivity contribution < 1.29 is 8.78 Å². The molecule has 0 bridgehead atoms. The van der Waals surface area contributed by atoms with E-state index in [1.54, 1.807) is 19.9 Å². The van der Waals surface area contributed by atoms with Gasteiger partial charge in [-0.05, 0) is 25.8 Å². The molecule has 0 aliphatic carbocycles. The first-order valence-corrected chi connectivity index (χ1v) is 7.35. The van der Waals surface area contributed by atoms with Gasteiger partial charge in [0, 0.05) is 11.6 Å². The summed E-state index contributed by atoms with van der Waals surface area (Å²) >= 11 is 2.08. The number of alkyl halides is 3. The zero-order valence-corrected chi connectivity index (χ0v) is 13.6. The van der Waals surface area contributed by atoms with Crippen molar-refractivity contribution in [3.05, 3.63) is 11.6 Å². The quantitative estimate of drug-likeness (QED) is 0.398. The van der Waals surface area contributed by atoms with E-state index in [0.29, 0.717) is 6.42 Å². The molecule has 0 aromatic heterocycles. The average molecular weight is 372 g/mol. The van der Waals surface area contributed by atoms with Gasteiger partial charge in [0.1, 0.15) is 6.17 Å². The first-order chi connectivity index (χ1) is 8.18. The predicted octanol–water partition coefficient (Wildman–Crippen LogP) is 3.83. The first-order valence-electron chi connectivity index (χ1n) is 6.10. The highest BCUT2D eigenvalue weighted by molar-refractivity contribution is 14.1. The fourth-order valence-electron chi connectivity index (χ4n) is 1.37. The van der Waals surface area contributed by atoms with E-state index in [0.717, 1.165) is 5.57 Å². The summed E-state index contributed by atoms with van der Waals surface area (Å²) in [6, 6.07) is 0. The van der Waals surface area contributed by atoms with Crippen LogP contribution in [0.1, 0.15) is 34.1 Å². The van der Waals surface area contributed by atoms with Crippen molar-refractivity contribution in [2.45, 2.75) is 49.8 Å². The molecule has 0 aliphatic heterocycles. The fourth-order valence-corrected chi connectivity index (χ4v) is 2.30. The van der Waals surface area contributed by atoms with E-state index in [-0.39, 0.29) is 9.64 Å². The molecule has 0 radical (unpaired) electrons. The predicted molar refractivity (Wildman–Crippen MR) is 82.2 cm³/mol. The second-order valence-electron chi connectivity index (χ2n) is 4.90. The smallest absolute Gasteiger partial charge is 0.116 e. The van der Waals surface area contributed by atoms with Crippen molar-refractivity contribution in [1.82, 2.24) is 0 Å². The van der Waals surface area contributed by atoms with E-state index in [1.165, 1.54) is 6.92 Å². The van der Waals surface area contributed by atoms with Gasteiger partial charge < -0.3 is 11.1 Å². The van der Waals surface area contributed by atoms with Gasteiger partial charge >= 0.3 is 0 Å². The lowest BCUT2D eigenvalue weighted by Crippen LogP contribution is -2.51. The second-order valence-corrected chi connectivity index (χ2v) is 6.24. The Labute approximate surface area is 122 Å². The lowest BCUT2D eigenvalue weighted by atomic mass is 9.90. The van der Waals surface area contributed by atoms with E-state index < -0.39 is 24.3 Å². The maximum Gasteiger partial charge on any atom is 0.116 e. The third-order valence-electron chi connectivity index (χ3n) is 3.25. The molecule has 0 heterocycles. The Morgan fingerprint density at radius 1 is 1.50 bits per heavy atom. The SMILES string of the molecule is CC/C(=C\[C@@H](I)C(C)(N)[C@H](C)F)C(=N)[C@@H](C)CF.